The summed E-state index contributed by atoms with van der Waals surface area (Å²) in [6.45, 7) is 2.35. The zero-order chi connectivity index (χ0) is 21.0. The first-order valence-corrected chi connectivity index (χ1v) is 9.60. The lowest BCUT2D eigenvalue weighted by Crippen LogP contribution is -2.18. The number of hydrogen-bond acceptors (Lipinski definition) is 4. The van der Waals surface area contributed by atoms with Crippen molar-refractivity contribution in [2.24, 2.45) is 5.16 Å². The van der Waals surface area contributed by atoms with Gasteiger partial charge in [0.1, 0.15) is 6.61 Å². The van der Waals surface area contributed by atoms with Crippen LogP contribution in [0, 0.1) is 0 Å². The average Bonchev–Trinajstić information content (AvgIpc) is 2.72. The quantitative estimate of drug-likeness (QED) is 0.304. The summed E-state index contributed by atoms with van der Waals surface area (Å²) < 4.78 is 43.4. The van der Waals surface area contributed by atoms with E-state index in [1.807, 2.05) is 30.3 Å². The molecule has 0 radical (unpaired) electrons. The van der Waals surface area contributed by atoms with E-state index in [2.05, 4.69) is 10.5 Å². The van der Waals surface area contributed by atoms with Crippen LogP contribution in [-0.2, 0) is 22.3 Å². The molecule has 0 amide bonds. The summed E-state index contributed by atoms with van der Waals surface area (Å²) in [7, 11) is 1.64. The average molecular weight is 408 g/mol. The number of hydrogen-bond donors (Lipinski definition) is 1. The van der Waals surface area contributed by atoms with Crippen LogP contribution >= 0.6 is 0 Å². The number of nitrogens with one attached hydrogen (secondary N) is 1. The van der Waals surface area contributed by atoms with E-state index in [1.54, 1.807) is 7.11 Å². The maximum Gasteiger partial charge on any atom is 0.416 e. The Morgan fingerprint density at radius 1 is 0.966 bits per heavy atom. The lowest BCUT2D eigenvalue weighted by molar-refractivity contribution is -0.137. The van der Waals surface area contributed by atoms with Gasteiger partial charge in [-0.05, 0) is 42.5 Å². The fraction of sp³-hybridized carbons (Fsp3) is 0.409. The van der Waals surface area contributed by atoms with Gasteiger partial charge in [0.2, 0.25) is 0 Å². The topological polar surface area (TPSA) is 42.9 Å². The van der Waals surface area contributed by atoms with Gasteiger partial charge in [-0.2, -0.15) is 13.2 Å². The number of ether oxygens (including phenoxy) is 1. The fourth-order valence-electron chi connectivity index (χ4n) is 2.70. The van der Waals surface area contributed by atoms with Gasteiger partial charge in [0.15, 0.2) is 0 Å². The van der Waals surface area contributed by atoms with E-state index in [0.717, 1.165) is 31.5 Å². The molecule has 0 saturated heterocycles. The molecule has 0 spiro atoms. The van der Waals surface area contributed by atoms with Crippen LogP contribution in [0.5, 0.6) is 0 Å². The van der Waals surface area contributed by atoms with Crippen LogP contribution in [0.3, 0.4) is 0 Å². The van der Waals surface area contributed by atoms with Gasteiger partial charge in [-0.25, -0.2) is 0 Å². The molecule has 1 N–H and O–H groups in total. The van der Waals surface area contributed by atoms with Gasteiger partial charge in [0.25, 0.3) is 0 Å². The summed E-state index contributed by atoms with van der Waals surface area (Å²) in [6, 6.07) is 15.0. The SMILES string of the molecule is COCCCC/C(=N\OCCNCc1ccccc1)c1ccc(C(F)(F)F)cc1. The zero-order valence-corrected chi connectivity index (χ0v) is 16.5. The largest absolute Gasteiger partial charge is 0.416 e. The van der Waals surface area contributed by atoms with Gasteiger partial charge in [-0.15, -0.1) is 0 Å². The summed E-state index contributed by atoms with van der Waals surface area (Å²) in [6.07, 6.45) is -2.10. The third kappa shape index (κ3) is 8.66. The van der Waals surface area contributed by atoms with E-state index in [9.17, 15) is 13.2 Å². The van der Waals surface area contributed by atoms with Crippen molar-refractivity contribution in [1.82, 2.24) is 5.32 Å². The Kier molecular flexibility index (Phi) is 9.67. The highest BCUT2D eigenvalue weighted by Gasteiger charge is 2.30. The van der Waals surface area contributed by atoms with Crippen LogP contribution in [0.2, 0.25) is 0 Å². The Balaban J connectivity index is 1.88. The van der Waals surface area contributed by atoms with Crippen LogP contribution in [0.4, 0.5) is 13.2 Å². The van der Waals surface area contributed by atoms with Gasteiger partial charge in [-0.1, -0.05) is 47.6 Å². The van der Waals surface area contributed by atoms with Crippen molar-refractivity contribution in [2.45, 2.75) is 32.0 Å². The predicted octanol–water partition coefficient (Wildman–Crippen LogP) is 5.03. The van der Waals surface area contributed by atoms with Crippen molar-refractivity contribution in [3.05, 3.63) is 71.3 Å². The van der Waals surface area contributed by atoms with Crippen LogP contribution < -0.4 is 5.32 Å². The molecule has 158 valence electrons. The monoisotopic (exact) mass is 408 g/mol. The van der Waals surface area contributed by atoms with Crippen LogP contribution in [0.1, 0.15) is 36.0 Å². The van der Waals surface area contributed by atoms with Gasteiger partial charge >= 0.3 is 6.18 Å². The first-order chi connectivity index (χ1) is 14.0. The number of benzene rings is 2. The van der Waals surface area contributed by atoms with E-state index in [4.69, 9.17) is 9.57 Å². The molecule has 4 nitrogen and oxygen atoms in total. The van der Waals surface area contributed by atoms with Gasteiger partial charge < -0.3 is 14.9 Å². The second-order valence-electron chi connectivity index (χ2n) is 6.56. The van der Waals surface area contributed by atoms with Crippen LogP contribution in [0.25, 0.3) is 0 Å². The van der Waals surface area contributed by atoms with E-state index in [0.29, 0.717) is 37.5 Å². The third-order valence-corrected chi connectivity index (χ3v) is 4.27. The number of methoxy groups -OCH3 is 1. The van der Waals surface area contributed by atoms with E-state index in [-0.39, 0.29) is 0 Å². The lowest BCUT2D eigenvalue weighted by Gasteiger charge is -2.10. The molecule has 2 rings (SSSR count). The predicted molar refractivity (Wildman–Crippen MR) is 108 cm³/mol. The normalized spacial score (nSPS) is 12.2. The van der Waals surface area contributed by atoms with Crippen molar-refractivity contribution < 1.29 is 22.7 Å². The molecule has 0 aliphatic carbocycles. The summed E-state index contributed by atoms with van der Waals surface area (Å²) in [5.74, 6) is 0. The van der Waals surface area contributed by atoms with E-state index in [1.165, 1.54) is 17.7 Å². The number of unbranched alkanes of at least 4 members (excludes halogenated alkanes) is 1. The van der Waals surface area contributed by atoms with Crippen molar-refractivity contribution >= 4 is 5.71 Å². The minimum atomic E-state index is -4.35. The Hall–Kier alpha value is -2.38. The maximum absolute atomic E-state index is 12.8. The van der Waals surface area contributed by atoms with Crippen molar-refractivity contribution in [3.8, 4) is 0 Å². The number of rotatable bonds is 12. The summed E-state index contributed by atoms with van der Waals surface area (Å²) >= 11 is 0. The molecule has 29 heavy (non-hydrogen) atoms. The van der Waals surface area contributed by atoms with Crippen molar-refractivity contribution in [1.29, 1.82) is 0 Å². The van der Waals surface area contributed by atoms with Gasteiger partial charge in [0, 0.05) is 26.8 Å². The standard InChI is InChI=1S/C22H27F3N2O2/c1-28-15-6-5-9-21(19-10-12-20(13-11-19)22(23,24)25)27-29-16-14-26-17-18-7-3-2-4-8-18/h2-4,7-8,10-13,26H,5-6,9,14-17H2,1H3/b27-21+. The van der Waals surface area contributed by atoms with Crippen LogP contribution in [-0.4, -0.2) is 32.6 Å². The maximum atomic E-state index is 12.8. The molecule has 0 fully saturated rings. The highest BCUT2D eigenvalue weighted by Crippen LogP contribution is 2.29. The first kappa shape index (κ1) is 22.9. The molecule has 0 bridgehead atoms. The molecule has 0 aromatic heterocycles. The zero-order valence-electron chi connectivity index (χ0n) is 16.5. The molecular formula is C22H27F3N2O2. The second-order valence-corrected chi connectivity index (χ2v) is 6.56. The van der Waals surface area contributed by atoms with Crippen LogP contribution in [0.15, 0.2) is 59.8 Å². The molecule has 2 aromatic rings. The Morgan fingerprint density at radius 2 is 1.69 bits per heavy atom. The summed E-state index contributed by atoms with van der Waals surface area (Å²) in [5.41, 5.74) is 1.77. The number of oxime groups is 1. The van der Waals surface area contributed by atoms with E-state index < -0.39 is 11.7 Å². The number of alkyl halides is 3. The smallest absolute Gasteiger partial charge is 0.394 e. The van der Waals surface area contributed by atoms with Gasteiger partial charge in [-0.3, -0.25) is 0 Å². The number of nitrogens with zero attached hydrogens (tertiary/aromatic N) is 1. The van der Waals surface area contributed by atoms with E-state index >= 15 is 0 Å². The highest BCUT2D eigenvalue weighted by molar-refractivity contribution is 6.00. The summed E-state index contributed by atoms with van der Waals surface area (Å²) in [5, 5.41) is 7.45. The second kappa shape index (κ2) is 12.2. The summed E-state index contributed by atoms with van der Waals surface area (Å²) in [4.78, 5) is 5.41. The molecule has 2 aromatic carbocycles. The molecule has 0 aliphatic heterocycles. The lowest BCUT2D eigenvalue weighted by atomic mass is 10.0. The fourth-order valence-corrected chi connectivity index (χ4v) is 2.70. The molecule has 7 heteroatoms. The molecule has 0 heterocycles. The molecular weight excluding hydrogens is 381 g/mol. The van der Waals surface area contributed by atoms with Gasteiger partial charge in [0.05, 0.1) is 11.3 Å². The minimum Gasteiger partial charge on any atom is -0.394 e. The molecule has 0 unspecified atom stereocenters. The molecule has 0 atom stereocenters. The Labute approximate surface area is 169 Å². The minimum absolute atomic E-state index is 0.370. The Bertz CT molecular complexity index is 732. The Morgan fingerprint density at radius 3 is 2.34 bits per heavy atom. The van der Waals surface area contributed by atoms with Crippen molar-refractivity contribution in [3.63, 3.8) is 0 Å². The number of halogens is 3. The molecule has 0 saturated carbocycles. The molecule has 0 aliphatic rings. The highest BCUT2D eigenvalue weighted by atomic mass is 19.4. The first-order valence-electron chi connectivity index (χ1n) is 9.60. The third-order valence-electron chi connectivity index (χ3n) is 4.27. The van der Waals surface area contributed by atoms with Crippen molar-refractivity contribution in [2.75, 3.05) is 26.9 Å².